The third-order valence-electron chi connectivity index (χ3n) is 5.47. The van der Waals surface area contributed by atoms with Gasteiger partial charge in [-0.15, -0.1) is 0 Å². The van der Waals surface area contributed by atoms with Gasteiger partial charge in [0.25, 0.3) is 0 Å². The van der Waals surface area contributed by atoms with Gasteiger partial charge in [0.1, 0.15) is 23.2 Å². The minimum absolute atomic E-state index is 0. The van der Waals surface area contributed by atoms with E-state index in [1.165, 1.54) is 60.6 Å². The van der Waals surface area contributed by atoms with Gasteiger partial charge in [-0.05, 0) is 55.7 Å². The average molecular weight is 534 g/mol. The SMILES string of the molecule is BrCCCCCCCC[P+](c1ccccc1)(c1ccccc1)c1ccccc1.[Br-]. The highest BCUT2D eigenvalue weighted by molar-refractivity contribution is 9.09. The lowest BCUT2D eigenvalue weighted by Crippen LogP contribution is -3.00. The van der Waals surface area contributed by atoms with Crippen LogP contribution in [0.2, 0.25) is 0 Å². The Hall–Kier alpha value is -0.950. The zero-order valence-electron chi connectivity index (χ0n) is 17.0. The summed E-state index contributed by atoms with van der Waals surface area (Å²) < 4.78 is 0. The van der Waals surface area contributed by atoms with E-state index in [1.54, 1.807) is 0 Å². The molecule has 0 spiro atoms. The van der Waals surface area contributed by atoms with Crippen LogP contribution in [0, 0.1) is 0 Å². The van der Waals surface area contributed by atoms with E-state index in [-0.39, 0.29) is 17.0 Å². The van der Waals surface area contributed by atoms with Crippen LogP contribution < -0.4 is 32.9 Å². The molecule has 0 fully saturated rings. The molecule has 0 amide bonds. The maximum absolute atomic E-state index is 3.54. The monoisotopic (exact) mass is 532 g/mol. The van der Waals surface area contributed by atoms with Gasteiger partial charge >= 0.3 is 0 Å². The Bertz CT molecular complexity index is 694. The van der Waals surface area contributed by atoms with Gasteiger partial charge < -0.3 is 17.0 Å². The van der Waals surface area contributed by atoms with Crippen LogP contribution in [0.3, 0.4) is 0 Å². The summed E-state index contributed by atoms with van der Waals surface area (Å²) in [5, 5.41) is 5.66. The van der Waals surface area contributed by atoms with Crippen molar-refractivity contribution >= 4 is 39.1 Å². The zero-order valence-corrected chi connectivity index (χ0v) is 21.1. The van der Waals surface area contributed by atoms with Crippen LogP contribution in [-0.2, 0) is 0 Å². The molecule has 3 heteroatoms. The summed E-state index contributed by atoms with van der Waals surface area (Å²) in [7, 11) is -1.62. The van der Waals surface area contributed by atoms with Crippen LogP contribution in [0.25, 0.3) is 0 Å². The van der Waals surface area contributed by atoms with Gasteiger partial charge in [-0.3, -0.25) is 0 Å². The van der Waals surface area contributed by atoms with E-state index in [2.05, 4.69) is 107 Å². The van der Waals surface area contributed by atoms with Crippen molar-refractivity contribution in [1.82, 2.24) is 0 Å². The smallest absolute Gasteiger partial charge is 0.112 e. The Labute approximate surface area is 196 Å². The average Bonchev–Trinajstić information content (AvgIpc) is 2.78. The summed E-state index contributed by atoms with van der Waals surface area (Å²) in [6.07, 6.45) is 9.24. The topological polar surface area (TPSA) is 0 Å². The van der Waals surface area contributed by atoms with Crippen molar-refractivity contribution in [2.45, 2.75) is 38.5 Å². The molecule has 0 bridgehead atoms. The second-order valence-corrected chi connectivity index (χ2v) is 11.8. The van der Waals surface area contributed by atoms with Gasteiger partial charge in [-0.25, -0.2) is 0 Å². The van der Waals surface area contributed by atoms with Crippen LogP contribution in [-0.4, -0.2) is 11.5 Å². The first-order valence-electron chi connectivity index (χ1n) is 10.5. The van der Waals surface area contributed by atoms with Crippen molar-refractivity contribution in [3.63, 3.8) is 0 Å². The largest absolute Gasteiger partial charge is 1.00 e. The van der Waals surface area contributed by atoms with Gasteiger partial charge in [0.2, 0.25) is 0 Å². The van der Waals surface area contributed by atoms with Gasteiger partial charge in [0, 0.05) is 5.33 Å². The lowest BCUT2D eigenvalue weighted by atomic mass is 10.1. The lowest BCUT2D eigenvalue weighted by molar-refractivity contribution is -0.00000546. The van der Waals surface area contributed by atoms with E-state index in [1.807, 2.05) is 0 Å². The summed E-state index contributed by atoms with van der Waals surface area (Å²) in [5.41, 5.74) is 0. The number of hydrogen-bond donors (Lipinski definition) is 0. The molecule has 0 N–H and O–H groups in total. The summed E-state index contributed by atoms with van der Waals surface area (Å²) in [5.74, 6) is 0. The summed E-state index contributed by atoms with van der Waals surface area (Å²) >= 11 is 3.54. The summed E-state index contributed by atoms with van der Waals surface area (Å²) in [6.45, 7) is 0. The Balaban J connectivity index is 0.00000300. The number of benzene rings is 3. The molecule has 0 aromatic heterocycles. The van der Waals surface area contributed by atoms with Gasteiger partial charge in [0.05, 0.1) is 6.16 Å². The molecule has 3 rings (SSSR count). The fraction of sp³-hybridized carbons (Fsp3) is 0.308. The first-order chi connectivity index (χ1) is 13.9. The predicted molar refractivity (Wildman–Crippen MR) is 132 cm³/mol. The van der Waals surface area contributed by atoms with E-state index in [0.29, 0.717) is 0 Å². The van der Waals surface area contributed by atoms with Crippen molar-refractivity contribution in [1.29, 1.82) is 0 Å². The quantitative estimate of drug-likeness (QED) is 0.200. The predicted octanol–water partition coefficient (Wildman–Crippen LogP) is 3.72. The first-order valence-corrected chi connectivity index (χ1v) is 13.6. The molecule has 0 radical (unpaired) electrons. The molecule has 0 unspecified atom stereocenters. The Morgan fingerprint density at radius 2 is 0.828 bits per heavy atom. The lowest BCUT2D eigenvalue weighted by Gasteiger charge is -2.27. The van der Waals surface area contributed by atoms with Gasteiger partial charge in [-0.1, -0.05) is 89.8 Å². The number of unbranched alkanes of at least 4 members (excludes halogenated alkanes) is 5. The van der Waals surface area contributed by atoms with Crippen molar-refractivity contribution in [3.05, 3.63) is 91.0 Å². The molecule has 0 aliphatic heterocycles. The fourth-order valence-corrected chi connectivity index (χ4v) is 8.84. The molecule has 0 saturated carbocycles. The van der Waals surface area contributed by atoms with Crippen LogP contribution in [0.4, 0.5) is 0 Å². The Morgan fingerprint density at radius 1 is 0.483 bits per heavy atom. The minimum atomic E-state index is -1.62. The number of halogens is 2. The van der Waals surface area contributed by atoms with Crippen LogP contribution in [0.5, 0.6) is 0 Å². The maximum atomic E-state index is 3.54. The first kappa shape index (κ1) is 24.3. The molecule has 0 aliphatic rings. The Morgan fingerprint density at radius 3 is 1.21 bits per heavy atom. The number of hydrogen-bond acceptors (Lipinski definition) is 0. The summed E-state index contributed by atoms with van der Waals surface area (Å²) in [6, 6.07) is 33.7. The molecule has 154 valence electrons. The standard InChI is InChI=1S/C26H31BrP.BrH/c27-22-14-3-1-2-4-15-23-28(24-16-8-5-9-17-24,25-18-10-6-11-19-25)26-20-12-7-13-21-26;/h5-13,16-21H,1-4,14-15,22-23H2;1H/q+1;/p-1. The maximum Gasteiger partial charge on any atom is 0.112 e. The van der Waals surface area contributed by atoms with Crippen LogP contribution in [0.1, 0.15) is 38.5 Å². The molecule has 0 atom stereocenters. The zero-order chi connectivity index (χ0) is 19.5. The Kier molecular flexibility index (Phi) is 11.2. The second-order valence-electron chi connectivity index (χ2n) is 7.35. The minimum Gasteiger partial charge on any atom is -1.00 e. The highest BCUT2D eigenvalue weighted by Crippen LogP contribution is 2.55. The van der Waals surface area contributed by atoms with Gasteiger partial charge in [-0.2, -0.15) is 0 Å². The van der Waals surface area contributed by atoms with E-state index in [9.17, 15) is 0 Å². The molecule has 0 heterocycles. The van der Waals surface area contributed by atoms with Crippen molar-refractivity contribution in [2.75, 3.05) is 11.5 Å². The van der Waals surface area contributed by atoms with Crippen LogP contribution >= 0.6 is 23.2 Å². The normalized spacial score (nSPS) is 11.1. The molecule has 0 aliphatic carbocycles. The molecular formula is C26H31Br2P. The highest BCUT2D eigenvalue weighted by atomic mass is 79.9. The van der Waals surface area contributed by atoms with E-state index < -0.39 is 7.26 Å². The third kappa shape index (κ3) is 6.51. The molecule has 29 heavy (non-hydrogen) atoms. The molecule has 3 aromatic rings. The van der Waals surface area contributed by atoms with Gasteiger partial charge in [0.15, 0.2) is 0 Å². The van der Waals surface area contributed by atoms with Crippen molar-refractivity contribution in [2.24, 2.45) is 0 Å². The van der Waals surface area contributed by atoms with E-state index in [0.717, 1.165) is 5.33 Å². The fourth-order valence-electron chi connectivity index (χ4n) is 4.03. The second kappa shape index (κ2) is 13.4. The molecule has 0 saturated heterocycles. The van der Waals surface area contributed by atoms with E-state index in [4.69, 9.17) is 0 Å². The van der Waals surface area contributed by atoms with E-state index >= 15 is 0 Å². The third-order valence-corrected chi connectivity index (χ3v) is 10.6. The molecule has 3 aromatic carbocycles. The molecule has 0 nitrogen and oxygen atoms in total. The summed E-state index contributed by atoms with van der Waals surface area (Å²) in [4.78, 5) is 0. The molecular weight excluding hydrogens is 503 g/mol. The van der Waals surface area contributed by atoms with Crippen molar-refractivity contribution < 1.29 is 17.0 Å². The number of alkyl halides is 1. The van der Waals surface area contributed by atoms with Crippen molar-refractivity contribution in [3.8, 4) is 0 Å². The highest BCUT2D eigenvalue weighted by Gasteiger charge is 2.44. The van der Waals surface area contributed by atoms with Crippen LogP contribution in [0.15, 0.2) is 91.0 Å². The number of rotatable bonds is 11.